The minimum Gasteiger partial charge on any atom is -0.454 e. The quantitative estimate of drug-likeness (QED) is 0.563. The summed E-state index contributed by atoms with van der Waals surface area (Å²) in [7, 11) is 1.77. The molecule has 0 aromatic heterocycles. The van der Waals surface area contributed by atoms with Gasteiger partial charge in [0.25, 0.3) is 0 Å². The van der Waals surface area contributed by atoms with E-state index >= 15 is 0 Å². The van der Waals surface area contributed by atoms with Gasteiger partial charge in [-0.05, 0) is 54.7 Å². The van der Waals surface area contributed by atoms with E-state index in [0.29, 0.717) is 19.8 Å². The van der Waals surface area contributed by atoms with E-state index in [1.54, 1.807) is 7.05 Å². The fourth-order valence-electron chi connectivity index (χ4n) is 4.03. The van der Waals surface area contributed by atoms with Crippen LogP contribution in [0, 0.1) is 5.82 Å². The van der Waals surface area contributed by atoms with Crippen molar-refractivity contribution in [2.24, 2.45) is 4.99 Å². The predicted molar refractivity (Wildman–Crippen MR) is 114 cm³/mol. The van der Waals surface area contributed by atoms with Crippen molar-refractivity contribution < 1.29 is 18.6 Å². The van der Waals surface area contributed by atoms with Crippen LogP contribution in [-0.2, 0) is 16.6 Å². The Kier molecular flexibility index (Phi) is 6.38. The highest BCUT2D eigenvalue weighted by atomic mass is 19.1. The molecule has 1 saturated heterocycles. The van der Waals surface area contributed by atoms with Crippen molar-refractivity contribution in [2.75, 3.05) is 40.1 Å². The molecule has 0 bridgehead atoms. The lowest BCUT2D eigenvalue weighted by Crippen LogP contribution is -2.48. The minimum atomic E-state index is -0.213. The van der Waals surface area contributed by atoms with E-state index in [4.69, 9.17) is 14.2 Å². The molecule has 0 amide bonds. The van der Waals surface area contributed by atoms with Gasteiger partial charge in [-0.1, -0.05) is 18.2 Å². The molecular weight excluding hydrogens is 385 g/mol. The summed E-state index contributed by atoms with van der Waals surface area (Å²) in [6, 6.07) is 12.9. The van der Waals surface area contributed by atoms with Crippen LogP contribution in [0.4, 0.5) is 4.39 Å². The Labute approximate surface area is 176 Å². The monoisotopic (exact) mass is 413 g/mol. The lowest BCUT2D eigenvalue weighted by molar-refractivity contribution is 0.0513. The fraction of sp³-hybridized carbons (Fsp3) is 0.435. The van der Waals surface area contributed by atoms with Gasteiger partial charge in [0.2, 0.25) is 6.79 Å². The van der Waals surface area contributed by atoms with Crippen molar-refractivity contribution in [3.8, 4) is 11.5 Å². The number of ether oxygens (including phenoxy) is 3. The molecule has 4 rings (SSSR count). The van der Waals surface area contributed by atoms with Crippen LogP contribution in [0.5, 0.6) is 11.5 Å². The second kappa shape index (κ2) is 9.34. The van der Waals surface area contributed by atoms with Crippen LogP contribution >= 0.6 is 0 Å². The molecule has 160 valence electrons. The first-order valence-corrected chi connectivity index (χ1v) is 10.4. The summed E-state index contributed by atoms with van der Waals surface area (Å²) in [5, 5.41) is 6.84. The van der Waals surface area contributed by atoms with E-state index in [1.165, 1.54) is 17.7 Å². The molecule has 0 unspecified atom stereocenters. The molecule has 1 fully saturated rings. The van der Waals surface area contributed by atoms with E-state index in [9.17, 15) is 4.39 Å². The maximum atomic E-state index is 13.4. The molecule has 2 aliphatic rings. The molecule has 2 aromatic rings. The highest BCUT2D eigenvalue weighted by Crippen LogP contribution is 2.34. The van der Waals surface area contributed by atoms with Gasteiger partial charge in [0, 0.05) is 38.8 Å². The Bertz CT molecular complexity index is 880. The normalized spacial score (nSPS) is 17.6. The van der Waals surface area contributed by atoms with Crippen molar-refractivity contribution in [1.29, 1.82) is 0 Å². The number of hydrogen-bond acceptors (Lipinski definition) is 4. The van der Waals surface area contributed by atoms with Crippen molar-refractivity contribution >= 4 is 5.96 Å². The van der Waals surface area contributed by atoms with Crippen molar-refractivity contribution in [2.45, 2.75) is 24.7 Å². The molecule has 2 N–H and O–H groups in total. The molecule has 0 radical (unpaired) electrons. The first-order valence-electron chi connectivity index (χ1n) is 10.4. The number of aliphatic imine (C=N–C) groups is 1. The summed E-state index contributed by atoms with van der Waals surface area (Å²) in [6.07, 6.45) is 2.62. The van der Waals surface area contributed by atoms with E-state index in [0.717, 1.165) is 48.8 Å². The number of fused-ring (bicyclic) bond motifs is 1. The van der Waals surface area contributed by atoms with E-state index in [2.05, 4.69) is 21.7 Å². The molecule has 0 spiro atoms. The molecule has 0 aliphatic carbocycles. The lowest BCUT2D eigenvalue weighted by Gasteiger charge is -2.38. The second-order valence-electron chi connectivity index (χ2n) is 7.69. The molecule has 2 aromatic carbocycles. The number of nitrogens with zero attached hydrogens (tertiary/aromatic N) is 1. The number of rotatable bonds is 6. The minimum absolute atomic E-state index is 0.0963. The van der Waals surface area contributed by atoms with Crippen LogP contribution in [0.3, 0.4) is 0 Å². The van der Waals surface area contributed by atoms with Gasteiger partial charge < -0.3 is 24.8 Å². The largest absolute Gasteiger partial charge is 0.454 e. The van der Waals surface area contributed by atoms with Gasteiger partial charge in [0.1, 0.15) is 5.82 Å². The van der Waals surface area contributed by atoms with Gasteiger partial charge in [-0.3, -0.25) is 4.99 Å². The number of hydrogen-bond donors (Lipinski definition) is 2. The summed E-state index contributed by atoms with van der Waals surface area (Å²) in [6.45, 7) is 3.15. The van der Waals surface area contributed by atoms with Crippen molar-refractivity contribution in [3.05, 3.63) is 59.4 Å². The summed E-state index contributed by atoms with van der Waals surface area (Å²) >= 11 is 0. The van der Waals surface area contributed by atoms with Crippen molar-refractivity contribution in [1.82, 2.24) is 10.6 Å². The highest BCUT2D eigenvalue weighted by molar-refractivity contribution is 5.79. The lowest BCUT2D eigenvalue weighted by atomic mass is 9.74. The van der Waals surface area contributed by atoms with Crippen LogP contribution in [0.2, 0.25) is 0 Å². The van der Waals surface area contributed by atoms with Crippen LogP contribution < -0.4 is 20.1 Å². The highest BCUT2D eigenvalue weighted by Gasteiger charge is 2.34. The standard InChI is InChI=1S/C23H28FN3O3/c1-25-22(26-11-8-17-2-7-20-21(14-17)30-16-29-20)27-15-23(9-12-28-13-10-23)18-3-5-19(24)6-4-18/h2-7,14H,8-13,15-16H2,1H3,(H2,25,26,27). The van der Waals surface area contributed by atoms with Gasteiger partial charge in [-0.15, -0.1) is 0 Å². The maximum Gasteiger partial charge on any atom is 0.231 e. The third kappa shape index (κ3) is 4.67. The zero-order valence-corrected chi connectivity index (χ0v) is 17.2. The first kappa shape index (κ1) is 20.5. The van der Waals surface area contributed by atoms with Gasteiger partial charge in [0.05, 0.1) is 0 Å². The molecule has 2 aliphatic heterocycles. The Hall–Kier alpha value is -2.80. The molecule has 0 saturated carbocycles. The average molecular weight is 413 g/mol. The number of nitrogens with one attached hydrogen (secondary N) is 2. The zero-order valence-electron chi connectivity index (χ0n) is 17.2. The summed E-state index contributed by atoms with van der Waals surface area (Å²) < 4.78 is 29.8. The third-order valence-corrected chi connectivity index (χ3v) is 5.87. The number of guanidine groups is 1. The van der Waals surface area contributed by atoms with Gasteiger partial charge in [-0.25, -0.2) is 4.39 Å². The number of benzene rings is 2. The maximum absolute atomic E-state index is 13.4. The van der Waals surface area contributed by atoms with Gasteiger partial charge in [-0.2, -0.15) is 0 Å². The molecule has 30 heavy (non-hydrogen) atoms. The Morgan fingerprint density at radius 1 is 1.03 bits per heavy atom. The van der Waals surface area contributed by atoms with Gasteiger partial charge in [0.15, 0.2) is 17.5 Å². The number of halogens is 1. The third-order valence-electron chi connectivity index (χ3n) is 5.87. The molecule has 2 heterocycles. The van der Waals surface area contributed by atoms with Crippen LogP contribution in [-0.4, -0.2) is 46.1 Å². The Balaban J connectivity index is 1.33. The summed E-state index contributed by atoms with van der Waals surface area (Å²) in [4.78, 5) is 4.36. The molecule has 6 nitrogen and oxygen atoms in total. The van der Waals surface area contributed by atoms with Crippen LogP contribution in [0.25, 0.3) is 0 Å². The molecule has 7 heteroatoms. The zero-order chi connectivity index (χ0) is 20.8. The topological polar surface area (TPSA) is 64.1 Å². The molecular formula is C23H28FN3O3. The second-order valence-corrected chi connectivity index (χ2v) is 7.69. The Morgan fingerprint density at radius 2 is 1.80 bits per heavy atom. The summed E-state index contributed by atoms with van der Waals surface area (Å²) in [5.74, 6) is 2.14. The average Bonchev–Trinajstić information content (AvgIpc) is 3.25. The van der Waals surface area contributed by atoms with Crippen LogP contribution in [0.15, 0.2) is 47.5 Å². The van der Waals surface area contributed by atoms with E-state index in [-0.39, 0.29) is 18.0 Å². The van der Waals surface area contributed by atoms with Crippen molar-refractivity contribution in [3.63, 3.8) is 0 Å². The first-order chi connectivity index (χ1) is 14.7. The van der Waals surface area contributed by atoms with Crippen LogP contribution in [0.1, 0.15) is 24.0 Å². The fourth-order valence-corrected chi connectivity index (χ4v) is 4.03. The predicted octanol–water partition coefficient (Wildman–Crippen LogP) is 3.01. The van der Waals surface area contributed by atoms with Gasteiger partial charge >= 0.3 is 0 Å². The summed E-state index contributed by atoms with van der Waals surface area (Å²) in [5.41, 5.74) is 2.21. The molecule has 0 atom stereocenters. The Morgan fingerprint density at radius 3 is 2.57 bits per heavy atom. The SMILES string of the molecule is CN=C(NCCc1ccc2c(c1)OCO2)NCC1(c2ccc(F)cc2)CCOCC1. The van der Waals surface area contributed by atoms with E-state index in [1.807, 2.05) is 24.3 Å². The smallest absolute Gasteiger partial charge is 0.231 e. The van der Waals surface area contributed by atoms with E-state index < -0.39 is 0 Å².